The summed E-state index contributed by atoms with van der Waals surface area (Å²) in [6.45, 7) is 0. The molecule has 3 atom stereocenters. The molecule has 17 heavy (non-hydrogen) atoms. The molecule has 2 nitrogen and oxygen atoms in total. The highest BCUT2D eigenvalue weighted by atomic mass is 16.7. The molecule has 0 bridgehead atoms. The van der Waals surface area contributed by atoms with Gasteiger partial charge in [-0.1, -0.05) is 36.4 Å². The van der Waals surface area contributed by atoms with Crippen molar-refractivity contribution in [3.8, 4) is 0 Å². The highest BCUT2D eigenvalue weighted by Crippen LogP contribution is 2.45. The van der Waals surface area contributed by atoms with Crippen molar-refractivity contribution in [2.24, 2.45) is 5.92 Å². The Balaban J connectivity index is 1.74. The first-order valence-corrected chi connectivity index (χ1v) is 5.88. The Bertz CT molecular complexity index is 603. The summed E-state index contributed by atoms with van der Waals surface area (Å²) >= 11 is 0. The molecule has 0 amide bonds. The van der Waals surface area contributed by atoms with Gasteiger partial charge in [-0.05, 0) is 28.5 Å². The van der Waals surface area contributed by atoms with Crippen molar-refractivity contribution < 1.29 is 9.47 Å². The SMILES string of the molecule is C1=C[C@H]2[C@H](O1)O[C@@H]2c1ccc2ccccc2c1. The maximum Gasteiger partial charge on any atom is 0.208 e. The Morgan fingerprint density at radius 2 is 1.82 bits per heavy atom. The molecule has 0 aliphatic carbocycles. The van der Waals surface area contributed by atoms with Crippen LogP contribution >= 0.6 is 0 Å². The summed E-state index contributed by atoms with van der Waals surface area (Å²) in [5.41, 5.74) is 1.24. The summed E-state index contributed by atoms with van der Waals surface area (Å²) in [6, 6.07) is 14.9. The number of ether oxygens (including phenoxy) is 2. The standard InChI is InChI=1S/C15H12O2/c1-2-4-11-9-12(6-5-10(11)3-1)14-13-7-8-16-15(13)17-14/h1-9,13-15H/t13-,14-,15-/m1/s1. The van der Waals surface area contributed by atoms with E-state index in [1.165, 1.54) is 16.3 Å². The Morgan fingerprint density at radius 1 is 0.941 bits per heavy atom. The predicted octanol–water partition coefficient (Wildman–Crippen LogP) is 3.40. The molecule has 0 spiro atoms. The van der Waals surface area contributed by atoms with Crippen molar-refractivity contribution in [2.45, 2.75) is 12.4 Å². The van der Waals surface area contributed by atoms with Gasteiger partial charge in [0, 0.05) is 0 Å². The molecule has 0 N–H and O–H groups in total. The molecule has 1 fully saturated rings. The lowest BCUT2D eigenvalue weighted by Gasteiger charge is -2.38. The average molecular weight is 224 g/mol. The third-order valence-electron chi connectivity index (χ3n) is 3.56. The van der Waals surface area contributed by atoms with Gasteiger partial charge in [-0.2, -0.15) is 0 Å². The van der Waals surface area contributed by atoms with Crippen LogP contribution in [-0.2, 0) is 9.47 Å². The van der Waals surface area contributed by atoms with E-state index in [2.05, 4.69) is 48.5 Å². The molecular weight excluding hydrogens is 212 g/mol. The van der Waals surface area contributed by atoms with Gasteiger partial charge >= 0.3 is 0 Å². The molecule has 0 radical (unpaired) electrons. The van der Waals surface area contributed by atoms with Gasteiger partial charge in [0.05, 0.1) is 18.3 Å². The van der Waals surface area contributed by atoms with Crippen molar-refractivity contribution in [1.29, 1.82) is 0 Å². The van der Waals surface area contributed by atoms with E-state index in [1.54, 1.807) is 6.26 Å². The Hall–Kier alpha value is -1.80. The van der Waals surface area contributed by atoms with Gasteiger partial charge in [-0.25, -0.2) is 0 Å². The number of benzene rings is 2. The summed E-state index contributed by atoms with van der Waals surface area (Å²) in [5.74, 6) is 0.385. The van der Waals surface area contributed by atoms with Gasteiger partial charge in [-0.3, -0.25) is 0 Å². The first-order valence-electron chi connectivity index (χ1n) is 5.88. The second-order valence-corrected chi connectivity index (χ2v) is 4.57. The quantitative estimate of drug-likeness (QED) is 0.739. The van der Waals surface area contributed by atoms with Crippen molar-refractivity contribution >= 4 is 10.8 Å². The fourth-order valence-corrected chi connectivity index (χ4v) is 2.59. The van der Waals surface area contributed by atoms with E-state index >= 15 is 0 Å². The summed E-state index contributed by atoms with van der Waals surface area (Å²) in [6.07, 6.45) is 3.94. The summed E-state index contributed by atoms with van der Waals surface area (Å²) in [4.78, 5) is 0. The van der Waals surface area contributed by atoms with E-state index in [4.69, 9.17) is 9.47 Å². The van der Waals surface area contributed by atoms with Gasteiger partial charge in [0.2, 0.25) is 6.29 Å². The van der Waals surface area contributed by atoms with Crippen LogP contribution in [0.2, 0.25) is 0 Å². The Kier molecular flexibility index (Phi) is 1.82. The molecule has 2 aromatic rings. The van der Waals surface area contributed by atoms with E-state index < -0.39 is 0 Å². The van der Waals surface area contributed by atoms with Gasteiger partial charge in [-0.15, -0.1) is 0 Å². The molecule has 2 heterocycles. The van der Waals surface area contributed by atoms with Crippen LogP contribution in [0.1, 0.15) is 11.7 Å². The zero-order valence-electron chi connectivity index (χ0n) is 9.24. The van der Waals surface area contributed by atoms with E-state index in [1.807, 2.05) is 0 Å². The van der Waals surface area contributed by atoms with Crippen LogP contribution in [0.25, 0.3) is 10.8 Å². The van der Waals surface area contributed by atoms with Crippen molar-refractivity contribution in [1.82, 2.24) is 0 Å². The maximum absolute atomic E-state index is 5.71. The Morgan fingerprint density at radius 3 is 2.71 bits per heavy atom. The second-order valence-electron chi connectivity index (χ2n) is 4.57. The van der Waals surface area contributed by atoms with Crippen molar-refractivity contribution in [3.05, 3.63) is 60.4 Å². The molecule has 2 aliphatic rings. The highest BCUT2D eigenvalue weighted by Gasteiger charge is 2.45. The summed E-state index contributed by atoms with van der Waals surface area (Å²) < 4.78 is 11.0. The molecular formula is C15H12O2. The topological polar surface area (TPSA) is 18.5 Å². The van der Waals surface area contributed by atoms with Crippen LogP contribution in [0, 0.1) is 5.92 Å². The van der Waals surface area contributed by atoms with Crippen molar-refractivity contribution in [2.75, 3.05) is 0 Å². The molecule has 2 aliphatic heterocycles. The molecule has 0 unspecified atom stereocenters. The largest absolute Gasteiger partial charge is 0.472 e. The average Bonchev–Trinajstić information content (AvgIpc) is 2.71. The lowest BCUT2D eigenvalue weighted by molar-refractivity contribution is -0.257. The van der Waals surface area contributed by atoms with Crippen LogP contribution < -0.4 is 0 Å². The van der Waals surface area contributed by atoms with Crippen LogP contribution in [0.15, 0.2) is 54.8 Å². The fraction of sp³-hybridized carbons (Fsp3) is 0.200. The minimum Gasteiger partial charge on any atom is -0.472 e. The smallest absolute Gasteiger partial charge is 0.208 e. The van der Waals surface area contributed by atoms with Crippen LogP contribution in [0.3, 0.4) is 0 Å². The molecule has 0 aromatic heterocycles. The third-order valence-corrected chi connectivity index (χ3v) is 3.56. The van der Waals surface area contributed by atoms with E-state index in [-0.39, 0.29) is 12.4 Å². The zero-order chi connectivity index (χ0) is 11.2. The minimum atomic E-state index is -0.0496. The first kappa shape index (κ1) is 9.25. The minimum absolute atomic E-state index is 0.0496. The highest BCUT2D eigenvalue weighted by molar-refractivity contribution is 5.83. The number of hydrogen-bond donors (Lipinski definition) is 0. The van der Waals surface area contributed by atoms with E-state index in [0.29, 0.717) is 5.92 Å². The first-order chi connectivity index (χ1) is 8.42. The zero-order valence-corrected chi connectivity index (χ0v) is 9.24. The van der Waals surface area contributed by atoms with Crippen LogP contribution in [-0.4, -0.2) is 6.29 Å². The normalized spacial score (nSPS) is 29.8. The predicted molar refractivity (Wildman–Crippen MR) is 65.3 cm³/mol. The van der Waals surface area contributed by atoms with Crippen LogP contribution in [0.5, 0.6) is 0 Å². The van der Waals surface area contributed by atoms with E-state index in [9.17, 15) is 0 Å². The van der Waals surface area contributed by atoms with Gasteiger partial charge < -0.3 is 9.47 Å². The lowest BCUT2D eigenvalue weighted by atomic mass is 9.90. The third kappa shape index (κ3) is 1.31. The number of fused-ring (bicyclic) bond motifs is 2. The number of rotatable bonds is 1. The summed E-state index contributed by atoms with van der Waals surface area (Å²) in [5, 5.41) is 2.53. The maximum atomic E-state index is 5.71. The molecule has 1 saturated heterocycles. The van der Waals surface area contributed by atoms with Gasteiger partial charge in [0.25, 0.3) is 0 Å². The second kappa shape index (κ2) is 3.34. The molecule has 4 rings (SSSR count). The fourth-order valence-electron chi connectivity index (χ4n) is 2.59. The lowest BCUT2D eigenvalue weighted by Crippen LogP contribution is -2.39. The molecule has 2 aromatic carbocycles. The molecule has 84 valence electrons. The molecule has 0 saturated carbocycles. The van der Waals surface area contributed by atoms with Crippen molar-refractivity contribution in [3.63, 3.8) is 0 Å². The van der Waals surface area contributed by atoms with E-state index in [0.717, 1.165) is 0 Å². The molecule has 2 heteroatoms. The monoisotopic (exact) mass is 224 g/mol. The Labute approximate surface area is 99.5 Å². The van der Waals surface area contributed by atoms with Gasteiger partial charge in [0.1, 0.15) is 0 Å². The summed E-state index contributed by atoms with van der Waals surface area (Å²) in [7, 11) is 0. The number of hydrogen-bond acceptors (Lipinski definition) is 2. The van der Waals surface area contributed by atoms with Gasteiger partial charge in [0.15, 0.2) is 0 Å². The van der Waals surface area contributed by atoms with Crippen LogP contribution in [0.4, 0.5) is 0 Å².